The average Bonchev–Trinajstić information content (AvgIpc) is 1.73. The number of benzene rings is 2. The zero-order valence-electron chi connectivity index (χ0n) is 58.4. The van der Waals surface area contributed by atoms with E-state index in [1.807, 2.05) is 33.8 Å². The van der Waals surface area contributed by atoms with Crippen molar-refractivity contribution in [1.29, 1.82) is 0 Å². The van der Waals surface area contributed by atoms with Crippen LogP contribution in [-0.2, 0) is 75.4 Å². The van der Waals surface area contributed by atoms with Crippen LogP contribution in [0.3, 0.4) is 0 Å². The molecule has 25 nitrogen and oxygen atoms in total. The van der Waals surface area contributed by atoms with E-state index < -0.39 is 62.3 Å². The zero-order chi connectivity index (χ0) is 71.9. The van der Waals surface area contributed by atoms with E-state index in [1.54, 1.807) is 96.6 Å². The lowest BCUT2D eigenvalue weighted by Gasteiger charge is -2.22. The van der Waals surface area contributed by atoms with E-state index in [0.717, 1.165) is 12.8 Å². The number of nitrogens with one attached hydrogen (secondary N) is 2. The zero-order valence-corrected chi connectivity index (χ0v) is 62.4. The molecule has 19 atom stereocenters. The van der Waals surface area contributed by atoms with Crippen LogP contribution in [0.25, 0.3) is 0 Å². The number of halogens is 3. The SMILES string of the molecule is CC(C)[C@H]1CC(OC(=O)[C@H](C)N)[C@@H](CO)O1.CC(C)[C@H]1CC2OC(=O)[C@H](C)NP(=O)(Oc3ccccc3)OC[C@H]2O1.CC(C)[C@H]1C[C@H](O)[C@@H](CO)O1.CCl.CN[C@@H](C)C(=O)OC1C[C@H](C(C)C)O[C@@H]1COC.COC[C@H]1O[C@@H](C(C)C)C[C@@H]1O.O=P(Cl)(Cl)Oc1ccccc1. The summed E-state index contributed by atoms with van der Waals surface area (Å²) in [6.45, 7) is 26.4. The van der Waals surface area contributed by atoms with E-state index in [-0.39, 0.29) is 105 Å². The second-order valence-corrected chi connectivity index (χ2v) is 31.4. The molecular weight excluding hydrogens is 1340 g/mol. The molecule has 6 aliphatic heterocycles. The van der Waals surface area contributed by atoms with E-state index in [1.165, 1.54) is 6.38 Å². The maximum Gasteiger partial charge on any atom is 0.459 e. The second kappa shape index (κ2) is 45.1. The summed E-state index contributed by atoms with van der Waals surface area (Å²) in [5, 5.41) is 42.3. The Kier molecular flexibility index (Phi) is 41.9. The Morgan fingerprint density at radius 2 is 1.04 bits per heavy atom. The molecule has 6 fully saturated rings. The Balaban J connectivity index is 0.000000397. The highest BCUT2D eigenvalue weighted by Crippen LogP contribution is 2.57. The monoisotopic (exact) mass is 1450 g/mol. The largest absolute Gasteiger partial charge is 0.459 e. The number of nitrogens with two attached hydrogens (primary N) is 1. The van der Waals surface area contributed by atoms with Gasteiger partial charge in [0, 0.05) is 75.2 Å². The highest BCUT2D eigenvalue weighted by Gasteiger charge is 2.46. The number of carbonyl (C=O) groups excluding carboxylic acids is 3. The van der Waals surface area contributed by atoms with Crippen molar-refractivity contribution in [2.24, 2.45) is 35.3 Å². The van der Waals surface area contributed by atoms with Crippen LogP contribution in [-0.4, -0.2) is 209 Å². The fourth-order valence-electron chi connectivity index (χ4n) is 10.0. The Hall–Kier alpha value is -2.82. The van der Waals surface area contributed by atoms with Crippen molar-refractivity contribution in [3.8, 4) is 11.5 Å². The summed E-state index contributed by atoms with van der Waals surface area (Å²) in [4.78, 5) is 35.4. The number of carbonyl (C=O) groups is 3. The van der Waals surface area contributed by atoms with Gasteiger partial charge in [0.15, 0.2) is 0 Å². The maximum atomic E-state index is 13.1. The van der Waals surface area contributed by atoms with Crippen molar-refractivity contribution in [2.45, 2.75) is 232 Å². The first kappa shape index (κ1) is 88.3. The van der Waals surface area contributed by atoms with Crippen molar-refractivity contribution < 1.29 is 105 Å². The first-order valence-electron chi connectivity index (χ1n) is 32.4. The van der Waals surface area contributed by atoms with Gasteiger partial charge in [-0.3, -0.25) is 18.9 Å². The Morgan fingerprint density at radius 3 is 1.47 bits per heavy atom. The molecule has 0 saturated carbocycles. The minimum atomic E-state index is -3.75. The topological polar surface area (TPSA) is 336 Å². The quantitative estimate of drug-likeness (QED) is 0.0281. The molecule has 30 heteroatoms. The molecule has 8 rings (SSSR count). The molecule has 8 N–H and O–H groups in total. The summed E-state index contributed by atoms with van der Waals surface area (Å²) in [7, 11) is 1.24. The summed E-state index contributed by atoms with van der Waals surface area (Å²) in [6.07, 6.45) is -1.50. The van der Waals surface area contributed by atoms with Crippen molar-refractivity contribution >= 4 is 65.8 Å². The molecule has 550 valence electrons. The number of hydrogen-bond donors (Lipinski definition) is 7. The van der Waals surface area contributed by atoms with Crippen molar-refractivity contribution in [3.05, 3.63) is 60.7 Å². The minimum absolute atomic E-state index is 0.0188. The number of para-hydroxylation sites is 2. The summed E-state index contributed by atoms with van der Waals surface area (Å²) in [5.41, 5.74) is 5.42. The van der Waals surface area contributed by atoms with Crippen LogP contribution in [0.2, 0.25) is 0 Å². The predicted octanol–water partition coefficient (Wildman–Crippen LogP) is 9.39. The third kappa shape index (κ3) is 32.2. The van der Waals surface area contributed by atoms with Gasteiger partial charge in [-0.25, -0.2) is 9.13 Å². The third-order valence-electron chi connectivity index (χ3n) is 15.9. The Bertz CT molecular complexity index is 2530. The number of aliphatic hydroxyl groups is 4. The van der Waals surface area contributed by atoms with E-state index in [9.17, 15) is 33.7 Å². The molecule has 0 aromatic heterocycles. The third-order valence-corrected chi connectivity index (χ3v) is 18.4. The smallest absolute Gasteiger partial charge is 0.458 e. The number of aliphatic hydroxyl groups excluding tert-OH is 4. The molecular formula is C65H112Cl3N3O22P2. The van der Waals surface area contributed by atoms with Gasteiger partial charge < -0.3 is 87.9 Å². The van der Waals surface area contributed by atoms with Gasteiger partial charge in [-0.05, 0) is 81.7 Å². The normalized spacial score (nSPS) is 30.8. The predicted molar refractivity (Wildman–Crippen MR) is 364 cm³/mol. The van der Waals surface area contributed by atoms with Gasteiger partial charge in [-0.1, -0.05) is 106 Å². The number of esters is 3. The summed E-state index contributed by atoms with van der Waals surface area (Å²) >= 11 is 15.0. The lowest BCUT2D eigenvalue weighted by atomic mass is 10.0. The fraction of sp³-hybridized carbons (Fsp3) is 0.769. The number of rotatable bonds is 20. The molecule has 0 bridgehead atoms. The number of hydrogen-bond acceptors (Lipinski definition) is 24. The average molecular weight is 1460 g/mol. The molecule has 0 radical (unpaired) electrons. The van der Waals surface area contributed by atoms with Crippen LogP contribution in [0.5, 0.6) is 11.5 Å². The van der Waals surface area contributed by atoms with Crippen LogP contribution in [0.4, 0.5) is 0 Å². The van der Waals surface area contributed by atoms with Crippen molar-refractivity contribution in [3.63, 3.8) is 0 Å². The van der Waals surface area contributed by atoms with Crippen LogP contribution >= 0.6 is 47.9 Å². The summed E-state index contributed by atoms with van der Waals surface area (Å²) in [5.74, 6) is 1.55. The first-order chi connectivity index (χ1) is 44.7. The van der Waals surface area contributed by atoms with Gasteiger partial charge in [0.25, 0.3) is 0 Å². The lowest BCUT2D eigenvalue weighted by Crippen LogP contribution is -2.38. The highest BCUT2D eigenvalue weighted by molar-refractivity contribution is 8.05. The van der Waals surface area contributed by atoms with Crippen LogP contribution in [0.15, 0.2) is 60.7 Å². The fourth-order valence-corrected chi connectivity index (χ4v) is 12.4. The molecule has 6 saturated heterocycles. The van der Waals surface area contributed by atoms with E-state index in [4.69, 9.17) is 94.8 Å². The van der Waals surface area contributed by atoms with Crippen LogP contribution in [0.1, 0.15) is 122 Å². The highest BCUT2D eigenvalue weighted by atomic mass is 35.9. The van der Waals surface area contributed by atoms with Gasteiger partial charge in [-0.15, -0.1) is 11.6 Å². The van der Waals surface area contributed by atoms with Gasteiger partial charge >= 0.3 is 31.7 Å². The molecule has 2 aromatic carbocycles. The standard InChI is InChI=1S/C17H24NO6P.C13H25NO4.C11H21NO4.C9H18O3.C8H16O3.C6H5Cl2O2P.CH3Cl/c1-11(2)14-9-15-16(22-14)10-21-25(20,18-12(3)17(19)23-15)24-13-7-5-4-6-8-13;1-8(2)10-6-11(12(17-10)7-16-5)18-13(15)9(3)14-4;1-6(2)8-4-9(10(5-13)15-8)16-11(14)7(3)12;1-6(2)8-4-7(10)9(12-8)5-11-3;1-5(2)7-3-6(10)8(4-9)11-7;7-11(8,9)10-6-4-2-1-3-5-6;1-2/h4-8,11-12,14-16H,9-10H2,1-3H3,(H,18,20);8-12,14H,6-7H2,1-5H3;6-10,13H,4-5,12H2,1-3H3;6-10H,4-5H2,1-3H3;5-10H,3-4H2,1-2H3;1-5H;1H3/t12-,14+,15?,16+,25?;9-,10+,11?,12+;7-,8+,9?,10+;7-,8+,9+;6-,7+,8+;;/m00000../s1. The number of ether oxygens (including phenoxy) is 10. The molecule has 0 amide bonds. The van der Waals surface area contributed by atoms with Gasteiger partial charge in [0.1, 0.15) is 78.5 Å². The van der Waals surface area contributed by atoms with Crippen molar-refractivity contribution in [1.82, 2.24) is 10.4 Å². The van der Waals surface area contributed by atoms with E-state index in [2.05, 4.69) is 68.1 Å². The Labute approximate surface area is 578 Å². The first-order valence-corrected chi connectivity index (χ1v) is 38.2. The molecule has 4 unspecified atom stereocenters. The van der Waals surface area contributed by atoms with E-state index >= 15 is 0 Å². The molecule has 2 aromatic rings. The second-order valence-electron chi connectivity index (χ2n) is 25.5. The molecule has 6 aliphatic rings. The Morgan fingerprint density at radius 1 is 0.632 bits per heavy atom. The molecule has 6 heterocycles. The lowest BCUT2D eigenvalue weighted by molar-refractivity contribution is -0.155. The summed E-state index contributed by atoms with van der Waals surface area (Å²) in [6, 6.07) is 15.4. The number of alkyl halides is 1. The van der Waals surface area contributed by atoms with Crippen LogP contribution in [0, 0.1) is 29.6 Å². The van der Waals surface area contributed by atoms with Gasteiger partial charge in [0.05, 0.1) is 75.8 Å². The number of methoxy groups -OCH3 is 2. The minimum Gasteiger partial charge on any atom is -0.458 e. The maximum absolute atomic E-state index is 13.1. The number of fused-ring (bicyclic) bond motifs is 1. The van der Waals surface area contributed by atoms with Gasteiger partial charge in [0.2, 0.25) is 0 Å². The molecule has 0 spiro atoms. The molecule has 95 heavy (non-hydrogen) atoms. The summed E-state index contributed by atoms with van der Waals surface area (Å²) < 4.78 is 94.3. The van der Waals surface area contributed by atoms with Gasteiger partial charge in [-0.2, -0.15) is 5.09 Å². The van der Waals surface area contributed by atoms with Crippen LogP contribution < -0.4 is 25.2 Å². The van der Waals surface area contributed by atoms with E-state index in [0.29, 0.717) is 67.6 Å². The number of likely N-dealkylation sites (N-methyl/N-ethyl adjacent to an activating group) is 1. The van der Waals surface area contributed by atoms with Crippen molar-refractivity contribution in [2.75, 3.05) is 60.7 Å². The molecule has 0 aliphatic carbocycles.